The van der Waals surface area contributed by atoms with Crippen molar-refractivity contribution in [3.63, 3.8) is 0 Å². The predicted molar refractivity (Wildman–Crippen MR) is 82.9 cm³/mol. The van der Waals surface area contributed by atoms with Crippen molar-refractivity contribution in [1.82, 2.24) is 0 Å². The Hall–Kier alpha value is -1.30. The fraction of sp³-hybridized carbons (Fsp3) is 0. The van der Waals surface area contributed by atoms with E-state index < -0.39 is 11.7 Å². The molecule has 0 aliphatic carbocycles. The van der Waals surface area contributed by atoms with Crippen LogP contribution in [-0.4, -0.2) is 5.91 Å². The molecule has 2 aromatic rings. The largest absolute Gasteiger partial charge is 0.398 e. The highest BCUT2D eigenvalue weighted by atomic mass is 79.9. The molecule has 0 radical (unpaired) electrons. The molecule has 0 atom stereocenters. The quantitative estimate of drug-likeness (QED) is 0.743. The van der Waals surface area contributed by atoms with Gasteiger partial charge in [0.1, 0.15) is 5.82 Å². The Morgan fingerprint density at radius 3 is 2.50 bits per heavy atom. The molecule has 7 heteroatoms. The smallest absolute Gasteiger partial charge is 0.255 e. The standard InChI is InChI=1S/C13H8BrCl2FN2O/c14-8-4-7(17)5-10(16)12(8)19-13(20)6-1-2-9(15)11(18)3-6/h1-5H,18H2,(H,19,20). The normalized spacial score (nSPS) is 10.4. The van der Waals surface area contributed by atoms with E-state index in [4.69, 9.17) is 28.9 Å². The molecule has 0 saturated heterocycles. The summed E-state index contributed by atoms with van der Waals surface area (Å²) >= 11 is 14.8. The molecule has 0 heterocycles. The van der Waals surface area contributed by atoms with Crippen LogP contribution in [0.25, 0.3) is 0 Å². The van der Waals surface area contributed by atoms with E-state index in [0.717, 1.165) is 6.07 Å². The number of nitrogens with two attached hydrogens (primary N) is 1. The fourth-order valence-electron chi connectivity index (χ4n) is 1.53. The van der Waals surface area contributed by atoms with Crippen LogP contribution in [0.15, 0.2) is 34.8 Å². The van der Waals surface area contributed by atoms with Gasteiger partial charge in [-0.2, -0.15) is 0 Å². The van der Waals surface area contributed by atoms with Gasteiger partial charge in [-0.15, -0.1) is 0 Å². The van der Waals surface area contributed by atoms with Crippen LogP contribution in [0.3, 0.4) is 0 Å². The van der Waals surface area contributed by atoms with Crippen molar-refractivity contribution >= 4 is 56.4 Å². The minimum Gasteiger partial charge on any atom is -0.398 e. The van der Waals surface area contributed by atoms with E-state index in [1.54, 1.807) is 0 Å². The maximum absolute atomic E-state index is 13.1. The average Bonchev–Trinajstić information content (AvgIpc) is 2.36. The maximum atomic E-state index is 13.1. The summed E-state index contributed by atoms with van der Waals surface area (Å²) in [7, 11) is 0. The van der Waals surface area contributed by atoms with E-state index in [1.807, 2.05) is 0 Å². The van der Waals surface area contributed by atoms with Gasteiger partial charge in [0.05, 0.1) is 21.4 Å². The number of halogens is 4. The maximum Gasteiger partial charge on any atom is 0.255 e. The Morgan fingerprint density at radius 1 is 1.20 bits per heavy atom. The summed E-state index contributed by atoms with van der Waals surface area (Å²) in [4.78, 5) is 12.1. The van der Waals surface area contributed by atoms with Gasteiger partial charge in [-0.05, 0) is 46.3 Å². The molecular weight excluding hydrogens is 370 g/mol. The Balaban J connectivity index is 2.30. The molecule has 3 nitrogen and oxygen atoms in total. The number of hydrogen-bond acceptors (Lipinski definition) is 2. The Morgan fingerprint density at radius 2 is 1.90 bits per heavy atom. The highest BCUT2D eigenvalue weighted by Crippen LogP contribution is 2.32. The molecule has 0 aromatic heterocycles. The molecule has 3 N–H and O–H groups in total. The third-order valence-electron chi connectivity index (χ3n) is 2.50. The number of anilines is 2. The molecule has 0 saturated carbocycles. The molecule has 1 amide bonds. The number of benzene rings is 2. The lowest BCUT2D eigenvalue weighted by Gasteiger charge is -2.10. The molecule has 0 spiro atoms. The van der Waals surface area contributed by atoms with Crippen LogP contribution in [0.2, 0.25) is 10.0 Å². The summed E-state index contributed by atoms with van der Waals surface area (Å²) in [5.41, 5.74) is 6.53. The Labute approximate surface area is 133 Å². The zero-order valence-electron chi connectivity index (χ0n) is 9.88. The number of nitrogen functional groups attached to an aromatic ring is 1. The third-order valence-corrected chi connectivity index (χ3v) is 3.77. The van der Waals surface area contributed by atoms with E-state index >= 15 is 0 Å². The van der Waals surface area contributed by atoms with Crippen LogP contribution in [0.4, 0.5) is 15.8 Å². The molecule has 2 aromatic carbocycles. The van der Waals surface area contributed by atoms with Gasteiger partial charge in [-0.25, -0.2) is 4.39 Å². The van der Waals surface area contributed by atoms with Crippen molar-refractivity contribution in [2.24, 2.45) is 0 Å². The molecule has 0 aliphatic heterocycles. The summed E-state index contributed by atoms with van der Waals surface area (Å²) in [5, 5.41) is 3.04. The van der Waals surface area contributed by atoms with Crippen molar-refractivity contribution < 1.29 is 9.18 Å². The van der Waals surface area contributed by atoms with Gasteiger partial charge in [0.2, 0.25) is 0 Å². The van der Waals surface area contributed by atoms with Gasteiger partial charge in [-0.1, -0.05) is 23.2 Å². The summed E-state index contributed by atoms with van der Waals surface area (Å²) < 4.78 is 13.5. The SMILES string of the molecule is Nc1cc(C(=O)Nc2c(Cl)cc(F)cc2Br)ccc1Cl. The summed E-state index contributed by atoms with van der Waals surface area (Å²) in [5.74, 6) is -0.932. The topological polar surface area (TPSA) is 55.1 Å². The fourth-order valence-corrected chi connectivity index (χ4v) is 2.55. The highest BCUT2D eigenvalue weighted by Gasteiger charge is 2.13. The van der Waals surface area contributed by atoms with E-state index in [0.29, 0.717) is 20.7 Å². The first-order chi connectivity index (χ1) is 9.38. The second-order valence-corrected chi connectivity index (χ2v) is 5.60. The first-order valence-electron chi connectivity index (χ1n) is 5.39. The highest BCUT2D eigenvalue weighted by molar-refractivity contribution is 9.10. The first-order valence-corrected chi connectivity index (χ1v) is 6.94. The number of rotatable bonds is 2. The number of carbonyl (C=O) groups excluding carboxylic acids is 1. The molecule has 104 valence electrons. The van der Waals surface area contributed by atoms with Crippen LogP contribution < -0.4 is 11.1 Å². The number of carbonyl (C=O) groups is 1. The van der Waals surface area contributed by atoms with E-state index in [9.17, 15) is 9.18 Å². The minimum absolute atomic E-state index is 0.0900. The van der Waals surface area contributed by atoms with Gasteiger partial charge in [-0.3, -0.25) is 4.79 Å². The molecule has 0 bridgehead atoms. The lowest BCUT2D eigenvalue weighted by molar-refractivity contribution is 0.102. The average molecular weight is 378 g/mol. The minimum atomic E-state index is -0.504. The summed E-state index contributed by atoms with van der Waals surface area (Å²) in [6.45, 7) is 0. The lowest BCUT2D eigenvalue weighted by atomic mass is 10.2. The van der Waals surface area contributed by atoms with E-state index in [1.165, 1.54) is 24.3 Å². The van der Waals surface area contributed by atoms with Gasteiger partial charge in [0, 0.05) is 10.0 Å². The zero-order chi connectivity index (χ0) is 14.9. The van der Waals surface area contributed by atoms with Gasteiger partial charge in [0.15, 0.2) is 0 Å². The molecular formula is C13H8BrCl2FN2O. The molecule has 20 heavy (non-hydrogen) atoms. The Bertz CT molecular complexity index is 671. The Kier molecular flexibility index (Phi) is 4.52. The summed E-state index contributed by atoms with van der Waals surface area (Å²) in [6.07, 6.45) is 0. The van der Waals surface area contributed by atoms with Crippen LogP contribution in [0, 0.1) is 5.82 Å². The van der Waals surface area contributed by atoms with Crippen molar-refractivity contribution in [3.8, 4) is 0 Å². The predicted octanol–water partition coefficient (Wildman–Crippen LogP) is 4.73. The number of nitrogens with one attached hydrogen (secondary N) is 1. The van der Waals surface area contributed by atoms with Crippen molar-refractivity contribution in [2.45, 2.75) is 0 Å². The molecule has 0 fully saturated rings. The van der Waals surface area contributed by atoms with Crippen LogP contribution >= 0.6 is 39.1 Å². The van der Waals surface area contributed by atoms with Gasteiger partial charge >= 0.3 is 0 Å². The number of hydrogen-bond donors (Lipinski definition) is 2. The lowest BCUT2D eigenvalue weighted by Crippen LogP contribution is -2.13. The second kappa shape index (κ2) is 5.99. The van der Waals surface area contributed by atoms with Crippen molar-refractivity contribution in [1.29, 1.82) is 0 Å². The molecule has 0 aliphatic rings. The van der Waals surface area contributed by atoms with Crippen LogP contribution in [-0.2, 0) is 0 Å². The van der Waals surface area contributed by atoms with Crippen LogP contribution in [0.1, 0.15) is 10.4 Å². The number of amides is 1. The summed E-state index contributed by atoms with van der Waals surface area (Å²) in [6, 6.07) is 6.81. The van der Waals surface area contributed by atoms with Crippen molar-refractivity contribution in [2.75, 3.05) is 11.1 Å². The molecule has 0 unspecified atom stereocenters. The first kappa shape index (κ1) is 15.1. The second-order valence-electron chi connectivity index (χ2n) is 3.93. The van der Waals surface area contributed by atoms with E-state index in [2.05, 4.69) is 21.2 Å². The third kappa shape index (κ3) is 3.23. The van der Waals surface area contributed by atoms with Gasteiger partial charge in [0.25, 0.3) is 5.91 Å². The van der Waals surface area contributed by atoms with Crippen molar-refractivity contribution in [3.05, 3.63) is 56.2 Å². The monoisotopic (exact) mass is 376 g/mol. The van der Waals surface area contributed by atoms with E-state index in [-0.39, 0.29) is 10.7 Å². The molecule has 2 rings (SSSR count). The zero-order valence-corrected chi connectivity index (χ0v) is 13.0. The van der Waals surface area contributed by atoms with Crippen LogP contribution in [0.5, 0.6) is 0 Å². The van der Waals surface area contributed by atoms with Gasteiger partial charge < -0.3 is 11.1 Å².